The molecule has 6 nitrogen and oxygen atoms in total. The molecule has 3 heterocycles. The molecule has 9 heteroatoms. The zero-order chi connectivity index (χ0) is 26.0. The van der Waals surface area contributed by atoms with Crippen molar-refractivity contribution in [3.8, 4) is 0 Å². The minimum absolute atomic E-state index is 0.266. The van der Waals surface area contributed by atoms with Crippen molar-refractivity contribution in [1.29, 1.82) is 0 Å². The number of pyridine rings is 1. The van der Waals surface area contributed by atoms with Crippen LogP contribution < -0.4 is 4.90 Å². The monoisotopic (exact) mass is 505 g/mol. The lowest BCUT2D eigenvalue weighted by atomic mass is 9.98. The molecule has 2 aliphatic rings. The van der Waals surface area contributed by atoms with Crippen molar-refractivity contribution in [3.05, 3.63) is 58.3 Å². The second kappa shape index (κ2) is 10.7. The highest BCUT2D eigenvalue weighted by Crippen LogP contribution is 2.38. The third-order valence-electron chi connectivity index (χ3n) is 6.94. The molecule has 2 fully saturated rings. The Morgan fingerprint density at radius 2 is 1.83 bits per heavy atom. The first kappa shape index (κ1) is 26.3. The average molecular weight is 506 g/mol. The number of cyclic esters (lactones) is 1. The van der Waals surface area contributed by atoms with E-state index >= 15 is 0 Å². The molecule has 0 N–H and O–H groups in total. The van der Waals surface area contributed by atoms with E-state index in [1.165, 1.54) is 0 Å². The van der Waals surface area contributed by atoms with Gasteiger partial charge in [-0.05, 0) is 69.4 Å². The van der Waals surface area contributed by atoms with Gasteiger partial charge in [-0.3, -0.25) is 4.90 Å². The van der Waals surface area contributed by atoms with Crippen LogP contribution in [0.3, 0.4) is 0 Å². The van der Waals surface area contributed by atoms with Crippen molar-refractivity contribution in [2.24, 2.45) is 0 Å². The van der Waals surface area contributed by atoms with Gasteiger partial charge in [-0.25, -0.2) is 9.78 Å². The van der Waals surface area contributed by atoms with Gasteiger partial charge in [0, 0.05) is 37.6 Å². The highest BCUT2D eigenvalue weighted by molar-refractivity contribution is 5.71. The number of ether oxygens (including phenoxy) is 2. The normalized spacial score (nSPS) is 21.1. The van der Waals surface area contributed by atoms with Crippen molar-refractivity contribution in [2.75, 3.05) is 24.7 Å². The second-order valence-electron chi connectivity index (χ2n) is 9.84. The number of halogens is 3. The number of rotatable bonds is 7. The number of carbonyl (C=O) groups excluding carboxylic acids is 1. The Morgan fingerprint density at radius 1 is 1.11 bits per heavy atom. The molecular formula is C27H34F3N3O3. The minimum Gasteiger partial charge on any atom is -0.439 e. The standard InChI is InChI=1S/C27H34F3N3O3/c1-5-8-32(23-6-9-35-10-7-23)25-21(12-18(3)15-31-25)16-33-19(4)24(36-26(33)34)20-11-17(2)13-22(14-20)27(28,29)30/h11-15,19,23-24H,5-10,16H2,1-4H3/t19-,24-/m0/s1. The maximum Gasteiger partial charge on any atom is 0.416 e. The molecule has 1 aromatic heterocycles. The van der Waals surface area contributed by atoms with Gasteiger partial charge in [-0.2, -0.15) is 13.2 Å². The molecule has 2 aromatic rings. The number of amides is 1. The first-order chi connectivity index (χ1) is 17.1. The van der Waals surface area contributed by atoms with Gasteiger partial charge in [0.25, 0.3) is 0 Å². The highest BCUT2D eigenvalue weighted by atomic mass is 19.4. The fraction of sp³-hybridized carbons (Fsp3) is 0.556. The zero-order valence-electron chi connectivity index (χ0n) is 21.3. The molecule has 0 bridgehead atoms. The number of nitrogens with zero attached hydrogens (tertiary/aromatic N) is 3. The van der Waals surface area contributed by atoms with Crippen molar-refractivity contribution in [3.63, 3.8) is 0 Å². The Balaban J connectivity index is 1.62. The first-order valence-electron chi connectivity index (χ1n) is 12.5. The summed E-state index contributed by atoms with van der Waals surface area (Å²) in [5.74, 6) is 0.840. The van der Waals surface area contributed by atoms with Crippen molar-refractivity contribution in [1.82, 2.24) is 9.88 Å². The van der Waals surface area contributed by atoms with Crippen molar-refractivity contribution in [2.45, 2.75) is 77.9 Å². The van der Waals surface area contributed by atoms with Crippen LogP contribution in [0.4, 0.5) is 23.8 Å². The third-order valence-corrected chi connectivity index (χ3v) is 6.94. The number of anilines is 1. The zero-order valence-corrected chi connectivity index (χ0v) is 21.3. The van der Waals surface area contributed by atoms with E-state index in [0.717, 1.165) is 54.9 Å². The molecule has 36 heavy (non-hydrogen) atoms. The van der Waals surface area contributed by atoms with Gasteiger partial charge in [0.15, 0.2) is 0 Å². The number of hydrogen-bond donors (Lipinski definition) is 0. The number of alkyl halides is 3. The first-order valence-corrected chi connectivity index (χ1v) is 12.5. The summed E-state index contributed by atoms with van der Waals surface area (Å²) in [6.45, 7) is 10.0. The summed E-state index contributed by atoms with van der Waals surface area (Å²) in [5, 5.41) is 0. The molecule has 0 saturated carbocycles. The summed E-state index contributed by atoms with van der Waals surface area (Å²) in [7, 11) is 0. The molecule has 0 aliphatic carbocycles. The maximum atomic E-state index is 13.4. The molecule has 2 saturated heterocycles. The molecule has 0 radical (unpaired) electrons. The van der Waals surface area contributed by atoms with Gasteiger partial charge in [0.05, 0.1) is 18.2 Å². The maximum absolute atomic E-state index is 13.4. The van der Waals surface area contributed by atoms with E-state index in [1.54, 1.807) is 17.9 Å². The van der Waals surface area contributed by atoms with Crippen LogP contribution in [0.15, 0.2) is 30.5 Å². The van der Waals surface area contributed by atoms with Crippen LogP contribution in [0.5, 0.6) is 0 Å². The second-order valence-corrected chi connectivity index (χ2v) is 9.84. The van der Waals surface area contributed by atoms with Crippen LogP contribution >= 0.6 is 0 Å². The summed E-state index contributed by atoms with van der Waals surface area (Å²) < 4.78 is 51.4. The smallest absolute Gasteiger partial charge is 0.416 e. The Morgan fingerprint density at radius 3 is 2.50 bits per heavy atom. The lowest BCUT2D eigenvalue weighted by Gasteiger charge is -2.36. The number of aryl methyl sites for hydroxylation is 2. The van der Waals surface area contributed by atoms with Crippen molar-refractivity contribution >= 4 is 11.9 Å². The van der Waals surface area contributed by atoms with Crippen LogP contribution in [-0.2, 0) is 22.2 Å². The van der Waals surface area contributed by atoms with Gasteiger partial charge in [0.1, 0.15) is 11.9 Å². The topological polar surface area (TPSA) is 54.9 Å². The largest absolute Gasteiger partial charge is 0.439 e. The van der Waals surface area contributed by atoms with Crippen LogP contribution in [0.2, 0.25) is 0 Å². The summed E-state index contributed by atoms with van der Waals surface area (Å²) in [6.07, 6.45) is -1.19. The minimum atomic E-state index is -4.47. The quantitative estimate of drug-likeness (QED) is 0.449. The van der Waals surface area contributed by atoms with Gasteiger partial charge in [-0.15, -0.1) is 0 Å². The lowest BCUT2D eigenvalue weighted by molar-refractivity contribution is -0.137. The van der Waals surface area contributed by atoms with E-state index in [9.17, 15) is 18.0 Å². The Hall–Kier alpha value is -2.81. The van der Waals surface area contributed by atoms with E-state index in [4.69, 9.17) is 14.5 Å². The molecule has 1 amide bonds. The number of carbonyl (C=O) groups is 1. The van der Waals surface area contributed by atoms with E-state index in [0.29, 0.717) is 30.4 Å². The van der Waals surface area contributed by atoms with Crippen LogP contribution in [0.25, 0.3) is 0 Å². The lowest BCUT2D eigenvalue weighted by Crippen LogP contribution is -2.41. The molecular weight excluding hydrogens is 471 g/mol. The van der Waals surface area contributed by atoms with Crippen LogP contribution in [-0.4, -0.2) is 47.8 Å². The third kappa shape index (κ3) is 5.61. The fourth-order valence-corrected chi connectivity index (χ4v) is 5.18. The van der Waals surface area contributed by atoms with Gasteiger partial charge < -0.3 is 14.4 Å². The number of hydrogen-bond acceptors (Lipinski definition) is 5. The Kier molecular flexibility index (Phi) is 7.78. The predicted molar refractivity (Wildman–Crippen MR) is 131 cm³/mol. The summed E-state index contributed by atoms with van der Waals surface area (Å²) in [5.41, 5.74) is 1.96. The van der Waals surface area contributed by atoms with Gasteiger partial charge >= 0.3 is 12.3 Å². The summed E-state index contributed by atoms with van der Waals surface area (Å²) >= 11 is 0. The van der Waals surface area contributed by atoms with Gasteiger partial charge in [-0.1, -0.05) is 18.6 Å². The Labute approximate surface area is 210 Å². The molecule has 0 spiro atoms. The Bertz CT molecular complexity index is 1090. The highest BCUT2D eigenvalue weighted by Gasteiger charge is 2.41. The number of aromatic nitrogens is 1. The average Bonchev–Trinajstić information content (AvgIpc) is 3.11. The van der Waals surface area contributed by atoms with Crippen LogP contribution in [0.1, 0.15) is 67.0 Å². The predicted octanol–water partition coefficient (Wildman–Crippen LogP) is 6.19. The van der Waals surface area contributed by atoms with Crippen LogP contribution in [0, 0.1) is 13.8 Å². The molecule has 0 unspecified atom stereocenters. The molecule has 196 valence electrons. The van der Waals surface area contributed by atoms with Gasteiger partial charge in [0.2, 0.25) is 0 Å². The molecule has 2 aliphatic heterocycles. The molecule has 1 aromatic carbocycles. The number of benzene rings is 1. The van der Waals surface area contributed by atoms with E-state index in [2.05, 4.69) is 11.8 Å². The SMILES string of the molecule is CCCN(c1ncc(C)cc1CN1C(=O)O[C@H](c2cc(C)cc(C(F)(F)F)c2)[C@@H]1C)C1CCOCC1. The van der Waals surface area contributed by atoms with Crippen molar-refractivity contribution < 1.29 is 27.4 Å². The molecule has 4 rings (SSSR count). The van der Waals surface area contributed by atoms with E-state index in [1.807, 2.05) is 26.1 Å². The van der Waals surface area contributed by atoms with E-state index < -0.39 is 30.0 Å². The fourth-order valence-electron chi connectivity index (χ4n) is 5.18. The van der Waals surface area contributed by atoms with E-state index in [-0.39, 0.29) is 6.54 Å². The summed E-state index contributed by atoms with van der Waals surface area (Å²) in [4.78, 5) is 21.6. The molecule has 2 atom stereocenters. The summed E-state index contributed by atoms with van der Waals surface area (Å²) in [6, 6.07) is 5.73.